The molecule has 0 radical (unpaired) electrons. The Bertz CT molecular complexity index is 1560. The molecule has 0 aromatic heterocycles. The van der Waals surface area contributed by atoms with Crippen molar-refractivity contribution in [3.63, 3.8) is 0 Å². The second kappa shape index (κ2) is 14.6. The summed E-state index contributed by atoms with van der Waals surface area (Å²) in [6.07, 6.45) is 1.41. The van der Waals surface area contributed by atoms with E-state index in [9.17, 15) is 9.59 Å². The molecule has 0 fully saturated rings. The van der Waals surface area contributed by atoms with Crippen molar-refractivity contribution >= 4 is 35.3 Å². The Labute approximate surface area is 249 Å². The summed E-state index contributed by atoms with van der Waals surface area (Å²) in [7, 11) is 2.96. The molecule has 0 saturated heterocycles. The highest BCUT2D eigenvalue weighted by Crippen LogP contribution is 2.36. The number of methoxy groups -OCH3 is 2. The highest BCUT2D eigenvalue weighted by Gasteiger charge is 2.15. The van der Waals surface area contributed by atoms with Crippen LogP contribution in [0.15, 0.2) is 90.0 Å². The van der Waals surface area contributed by atoms with E-state index >= 15 is 0 Å². The number of rotatable bonds is 12. The third-order valence-electron chi connectivity index (χ3n) is 5.98. The second-order valence-electron chi connectivity index (χ2n) is 9.08. The standard InChI is InChI=1S/C32H30ClN3O6/c1-21-9-12-25(13-10-21)35-30(37)20-42-31-26(33)15-23(16-29(31)40-3)18-34-36-32(38)24-11-14-27(28(17-24)39-2)41-19-22-7-5-4-6-8-22/h4-18H,19-20H2,1-3H3,(H,35,37)(H,36,38)/b34-18+. The molecule has 0 spiro atoms. The van der Waals surface area contributed by atoms with Crippen molar-refractivity contribution in [3.8, 4) is 23.0 Å². The number of aryl methyl sites for hydroxylation is 1. The van der Waals surface area contributed by atoms with Gasteiger partial charge in [-0.1, -0.05) is 59.6 Å². The Morgan fingerprint density at radius 3 is 2.31 bits per heavy atom. The highest BCUT2D eigenvalue weighted by atomic mass is 35.5. The number of carbonyl (C=O) groups excluding carboxylic acids is 2. The maximum Gasteiger partial charge on any atom is 0.271 e. The summed E-state index contributed by atoms with van der Waals surface area (Å²) in [5.74, 6) is 0.644. The van der Waals surface area contributed by atoms with Crippen molar-refractivity contribution in [2.75, 3.05) is 26.1 Å². The van der Waals surface area contributed by atoms with Gasteiger partial charge in [0.15, 0.2) is 29.6 Å². The van der Waals surface area contributed by atoms with Gasteiger partial charge in [0.1, 0.15) is 6.61 Å². The summed E-state index contributed by atoms with van der Waals surface area (Å²) in [6.45, 7) is 2.06. The lowest BCUT2D eigenvalue weighted by Gasteiger charge is -2.13. The quantitative estimate of drug-likeness (QED) is 0.155. The minimum absolute atomic E-state index is 0.209. The van der Waals surface area contributed by atoms with Gasteiger partial charge < -0.3 is 24.3 Å². The second-order valence-corrected chi connectivity index (χ2v) is 9.48. The van der Waals surface area contributed by atoms with Crippen LogP contribution in [0.4, 0.5) is 5.69 Å². The number of halogens is 1. The number of hydrazone groups is 1. The van der Waals surface area contributed by atoms with Gasteiger partial charge >= 0.3 is 0 Å². The first kappa shape index (κ1) is 30.0. The number of anilines is 1. The van der Waals surface area contributed by atoms with E-state index in [2.05, 4.69) is 15.8 Å². The predicted molar refractivity (Wildman–Crippen MR) is 162 cm³/mol. The maximum absolute atomic E-state index is 12.7. The monoisotopic (exact) mass is 587 g/mol. The number of ether oxygens (including phenoxy) is 4. The van der Waals surface area contributed by atoms with Crippen LogP contribution >= 0.6 is 11.6 Å². The molecule has 9 nitrogen and oxygen atoms in total. The van der Waals surface area contributed by atoms with Gasteiger partial charge in [-0.05, 0) is 60.5 Å². The van der Waals surface area contributed by atoms with Gasteiger partial charge in [-0.25, -0.2) is 5.43 Å². The zero-order chi connectivity index (χ0) is 29.9. The fourth-order valence-electron chi connectivity index (χ4n) is 3.82. The van der Waals surface area contributed by atoms with Crippen molar-refractivity contribution in [2.24, 2.45) is 5.10 Å². The molecule has 4 aromatic carbocycles. The van der Waals surface area contributed by atoms with Crippen molar-refractivity contribution in [1.82, 2.24) is 5.43 Å². The van der Waals surface area contributed by atoms with Crippen LogP contribution in [0.25, 0.3) is 0 Å². The van der Waals surface area contributed by atoms with Crippen LogP contribution in [0.5, 0.6) is 23.0 Å². The van der Waals surface area contributed by atoms with Gasteiger partial charge in [-0.3, -0.25) is 9.59 Å². The Kier molecular flexibility index (Phi) is 10.4. The Morgan fingerprint density at radius 2 is 1.60 bits per heavy atom. The van der Waals surface area contributed by atoms with Crippen LogP contribution in [-0.4, -0.2) is 38.9 Å². The summed E-state index contributed by atoms with van der Waals surface area (Å²) in [4.78, 5) is 25.0. The first-order valence-electron chi connectivity index (χ1n) is 12.9. The normalized spacial score (nSPS) is 10.7. The summed E-state index contributed by atoms with van der Waals surface area (Å²) in [5.41, 5.74) is 6.11. The van der Waals surface area contributed by atoms with Crippen LogP contribution in [0.1, 0.15) is 27.0 Å². The fourth-order valence-corrected chi connectivity index (χ4v) is 4.09. The number of nitrogens with zero attached hydrogens (tertiary/aromatic N) is 1. The lowest BCUT2D eigenvalue weighted by molar-refractivity contribution is -0.118. The zero-order valence-corrected chi connectivity index (χ0v) is 24.1. The van der Waals surface area contributed by atoms with Crippen LogP contribution in [-0.2, 0) is 11.4 Å². The number of amides is 2. The minimum atomic E-state index is -0.447. The number of carbonyl (C=O) groups is 2. The summed E-state index contributed by atoms with van der Waals surface area (Å²) in [5, 5.41) is 7.00. The van der Waals surface area contributed by atoms with Crippen LogP contribution in [0.3, 0.4) is 0 Å². The summed E-state index contributed by atoms with van der Waals surface area (Å²) < 4.78 is 22.3. The average molecular weight is 588 g/mol. The molecular formula is C32H30ClN3O6. The molecule has 0 unspecified atom stereocenters. The molecule has 10 heteroatoms. The lowest BCUT2D eigenvalue weighted by Crippen LogP contribution is -2.20. The molecule has 4 rings (SSSR count). The largest absolute Gasteiger partial charge is 0.493 e. The van der Waals surface area contributed by atoms with E-state index in [0.29, 0.717) is 40.7 Å². The first-order valence-corrected chi connectivity index (χ1v) is 13.3. The van der Waals surface area contributed by atoms with Gasteiger partial charge in [0.05, 0.1) is 25.5 Å². The Morgan fingerprint density at radius 1 is 0.857 bits per heavy atom. The van der Waals surface area contributed by atoms with Gasteiger partial charge in [0, 0.05) is 11.3 Å². The highest BCUT2D eigenvalue weighted by molar-refractivity contribution is 6.32. The van der Waals surface area contributed by atoms with E-state index in [-0.39, 0.29) is 23.3 Å². The molecule has 0 heterocycles. The predicted octanol–water partition coefficient (Wildman–Crippen LogP) is 6.03. The number of nitrogens with one attached hydrogen (secondary N) is 2. The fraction of sp³-hybridized carbons (Fsp3) is 0.156. The van der Waals surface area contributed by atoms with Crippen molar-refractivity contribution in [3.05, 3.63) is 112 Å². The van der Waals surface area contributed by atoms with Gasteiger partial charge in [-0.2, -0.15) is 5.10 Å². The molecule has 0 aliphatic rings. The van der Waals surface area contributed by atoms with Gasteiger partial charge in [0.25, 0.3) is 11.8 Å². The molecule has 2 amide bonds. The molecular weight excluding hydrogens is 558 g/mol. The molecule has 42 heavy (non-hydrogen) atoms. The molecule has 216 valence electrons. The van der Waals surface area contributed by atoms with Gasteiger partial charge in [-0.15, -0.1) is 0 Å². The minimum Gasteiger partial charge on any atom is -0.493 e. The van der Waals surface area contributed by atoms with Crippen molar-refractivity contribution < 1.29 is 28.5 Å². The smallest absolute Gasteiger partial charge is 0.271 e. The molecule has 0 aliphatic carbocycles. The molecule has 0 aliphatic heterocycles. The Hall–Kier alpha value is -5.02. The van der Waals surface area contributed by atoms with Crippen LogP contribution in [0.2, 0.25) is 5.02 Å². The zero-order valence-electron chi connectivity index (χ0n) is 23.3. The van der Waals surface area contributed by atoms with Gasteiger partial charge in [0.2, 0.25) is 0 Å². The number of hydrogen-bond donors (Lipinski definition) is 2. The SMILES string of the molecule is COc1cc(C(=O)N/N=C/c2cc(Cl)c(OCC(=O)Nc3ccc(C)cc3)c(OC)c2)ccc1OCc1ccccc1. The van der Waals surface area contributed by atoms with E-state index in [1.807, 2.05) is 49.4 Å². The molecule has 2 N–H and O–H groups in total. The molecule has 0 atom stereocenters. The summed E-state index contributed by atoms with van der Waals surface area (Å²) >= 11 is 6.41. The van der Waals surface area contributed by atoms with Crippen LogP contribution in [0, 0.1) is 6.92 Å². The number of benzene rings is 4. The van der Waals surface area contributed by atoms with Crippen molar-refractivity contribution in [1.29, 1.82) is 0 Å². The maximum atomic E-state index is 12.7. The van der Waals surface area contributed by atoms with Crippen molar-refractivity contribution in [2.45, 2.75) is 13.5 Å². The Balaban J connectivity index is 1.35. The topological polar surface area (TPSA) is 107 Å². The summed E-state index contributed by atoms with van der Waals surface area (Å²) in [6, 6.07) is 25.2. The number of hydrogen-bond acceptors (Lipinski definition) is 7. The molecule has 0 bridgehead atoms. The lowest BCUT2D eigenvalue weighted by atomic mass is 10.2. The first-order chi connectivity index (χ1) is 20.4. The average Bonchev–Trinajstić information content (AvgIpc) is 3.00. The third-order valence-corrected chi connectivity index (χ3v) is 6.26. The van der Waals surface area contributed by atoms with Crippen LogP contribution < -0.4 is 29.7 Å². The van der Waals surface area contributed by atoms with E-state index in [1.54, 1.807) is 42.5 Å². The molecule has 4 aromatic rings. The van der Waals surface area contributed by atoms with E-state index in [4.69, 9.17) is 30.5 Å². The van der Waals surface area contributed by atoms with E-state index in [1.165, 1.54) is 20.4 Å². The third kappa shape index (κ3) is 8.25. The molecule has 0 saturated carbocycles. The van der Waals surface area contributed by atoms with E-state index in [0.717, 1.165) is 11.1 Å². The van der Waals surface area contributed by atoms with E-state index < -0.39 is 5.91 Å².